The van der Waals surface area contributed by atoms with Crippen molar-refractivity contribution in [2.45, 2.75) is 6.92 Å². The van der Waals surface area contributed by atoms with Crippen LogP contribution in [0.2, 0.25) is 5.02 Å². The SMILES string of the molecule is COc1ccc(Cl)c2sc(N3CCN(c4ccc(C(C)=O)cc4)CC3)nc12. The molecular formula is C20H20ClN3O2S. The van der Waals surface area contributed by atoms with Crippen molar-refractivity contribution in [2.24, 2.45) is 0 Å². The second kappa shape index (κ2) is 7.37. The number of ether oxygens (including phenoxy) is 1. The van der Waals surface area contributed by atoms with Gasteiger partial charge >= 0.3 is 0 Å². The molecule has 0 spiro atoms. The molecule has 1 aromatic heterocycles. The van der Waals surface area contributed by atoms with Crippen molar-refractivity contribution in [3.63, 3.8) is 0 Å². The van der Waals surface area contributed by atoms with E-state index >= 15 is 0 Å². The maximum Gasteiger partial charge on any atom is 0.186 e. The first kappa shape index (κ1) is 18.1. The Morgan fingerprint density at radius 1 is 1.07 bits per heavy atom. The van der Waals surface area contributed by atoms with Gasteiger partial charge in [-0.3, -0.25) is 4.79 Å². The minimum atomic E-state index is 0.0938. The van der Waals surface area contributed by atoms with Gasteiger partial charge in [-0.1, -0.05) is 22.9 Å². The van der Waals surface area contributed by atoms with Crippen molar-refractivity contribution < 1.29 is 9.53 Å². The molecule has 2 heterocycles. The number of halogens is 1. The summed E-state index contributed by atoms with van der Waals surface area (Å²) in [5.41, 5.74) is 2.72. The van der Waals surface area contributed by atoms with Crippen LogP contribution in [0.1, 0.15) is 17.3 Å². The van der Waals surface area contributed by atoms with Gasteiger partial charge in [-0.05, 0) is 43.3 Å². The number of nitrogens with zero attached hydrogens (tertiary/aromatic N) is 3. The van der Waals surface area contributed by atoms with Gasteiger partial charge in [0.2, 0.25) is 0 Å². The number of Topliss-reactive ketones (excluding diaryl/α,β-unsaturated/α-hetero) is 1. The summed E-state index contributed by atoms with van der Waals surface area (Å²) in [6, 6.07) is 11.5. The van der Waals surface area contributed by atoms with Crippen LogP contribution >= 0.6 is 22.9 Å². The minimum absolute atomic E-state index is 0.0938. The van der Waals surface area contributed by atoms with Crippen LogP contribution < -0.4 is 14.5 Å². The van der Waals surface area contributed by atoms with Gasteiger partial charge in [-0.2, -0.15) is 0 Å². The molecule has 0 radical (unpaired) electrons. The maximum atomic E-state index is 11.4. The molecule has 0 amide bonds. The lowest BCUT2D eigenvalue weighted by atomic mass is 10.1. The van der Waals surface area contributed by atoms with E-state index in [4.69, 9.17) is 21.3 Å². The highest BCUT2D eigenvalue weighted by Crippen LogP contribution is 2.39. The lowest BCUT2D eigenvalue weighted by Crippen LogP contribution is -2.46. The molecule has 1 aliphatic heterocycles. The Labute approximate surface area is 167 Å². The number of methoxy groups -OCH3 is 1. The van der Waals surface area contributed by atoms with Crippen LogP contribution in [0.4, 0.5) is 10.8 Å². The first-order chi connectivity index (χ1) is 13.1. The molecule has 140 valence electrons. The van der Waals surface area contributed by atoms with E-state index in [0.717, 1.165) is 58.5 Å². The Hall–Kier alpha value is -2.31. The number of hydrogen-bond acceptors (Lipinski definition) is 6. The number of carbonyl (C=O) groups is 1. The largest absolute Gasteiger partial charge is 0.494 e. The quantitative estimate of drug-likeness (QED) is 0.603. The van der Waals surface area contributed by atoms with Crippen LogP contribution in [0, 0.1) is 0 Å². The highest BCUT2D eigenvalue weighted by Gasteiger charge is 2.22. The Bertz CT molecular complexity index is 979. The molecule has 7 heteroatoms. The summed E-state index contributed by atoms with van der Waals surface area (Å²) < 4.78 is 6.39. The van der Waals surface area contributed by atoms with Crippen LogP contribution in [0.5, 0.6) is 5.75 Å². The molecule has 3 aromatic rings. The Morgan fingerprint density at radius 2 is 1.74 bits per heavy atom. The Balaban J connectivity index is 1.50. The van der Waals surface area contributed by atoms with Gasteiger partial charge in [0, 0.05) is 37.4 Å². The maximum absolute atomic E-state index is 11.4. The standard InChI is InChI=1S/C20H20ClN3O2S/c1-13(25)14-3-5-15(6-4-14)23-9-11-24(12-10-23)20-22-18-17(26-2)8-7-16(21)19(18)27-20/h3-8H,9-12H2,1-2H3. The molecule has 0 aliphatic carbocycles. The fourth-order valence-corrected chi connectivity index (χ4v) is 4.61. The van der Waals surface area contributed by atoms with Crippen LogP contribution in [-0.4, -0.2) is 44.1 Å². The normalized spacial score (nSPS) is 14.6. The molecule has 1 aliphatic rings. The molecule has 0 unspecified atom stereocenters. The fourth-order valence-electron chi connectivity index (χ4n) is 3.30. The average molecular weight is 402 g/mol. The molecule has 2 aromatic carbocycles. The summed E-state index contributed by atoms with van der Waals surface area (Å²) in [5.74, 6) is 0.845. The van der Waals surface area contributed by atoms with Gasteiger partial charge < -0.3 is 14.5 Å². The van der Waals surface area contributed by atoms with Crippen LogP contribution in [-0.2, 0) is 0 Å². The molecule has 0 N–H and O–H groups in total. The van der Waals surface area contributed by atoms with Crippen molar-refractivity contribution >= 4 is 49.8 Å². The fraction of sp³-hybridized carbons (Fsp3) is 0.300. The van der Waals surface area contributed by atoms with Gasteiger partial charge in [-0.25, -0.2) is 4.98 Å². The lowest BCUT2D eigenvalue weighted by molar-refractivity contribution is 0.101. The zero-order chi connectivity index (χ0) is 19.0. The summed E-state index contributed by atoms with van der Waals surface area (Å²) in [7, 11) is 1.65. The van der Waals surface area contributed by atoms with E-state index in [9.17, 15) is 4.79 Å². The van der Waals surface area contributed by atoms with Crippen molar-refractivity contribution in [1.82, 2.24) is 4.98 Å². The third kappa shape index (κ3) is 3.47. The summed E-state index contributed by atoms with van der Waals surface area (Å²) >= 11 is 7.95. The predicted molar refractivity (Wildman–Crippen MR) is 112 cm³/mol. The number of fused-ring (bicyclic) bond motifs is 1. The second-order valence-electron chi connectivity index (χ2n) is 6.50. The first-order valence-electron chi connectivity index (χ1n) is 8.81. The Kier molecular flexibility index (Phi) is 4.93. The highest BCUT2D eigenvalue weighted by atomic mass is 35.5. The summed E-state index contributed by atoms with van der Waals surface area (Å²) in [5, 5.41) is 1.68. The number of rotatable bonds is 4. The number of thiazole rings is 1. The molecule has 1 saturated heterocycles. The van der Waals surface area contributed by atoms with Crippen molar-refractivity contribution in [3.05, 3.63) is 47.0 Å². The van der Waals surface area contributed by atoms with Gasteiger partial charge in [0.15, 0.2) is 10.9 Å². The number of carbonyl (C=O) groups excluding carboxylic acids is 1. The lowest BCUT2D eigenvalue weighted by Gasteiger charge is -2.36. The highest BCUT2D eigenvalue weighted by molar-refractivity contribution is 7.22. The molecule has 0 saturated carbocycles. The first-order valence-corrected chi connectivity index (χ1v) is 10.00. The van der Waals surface area contributed by atoms with E-state index in [2.05, 4.69) is 9.80 Å². The van der Waals surface area contributed by atoms with Gasteiger partial charge in [-0.15, -0.1) is 0 Å². The molecule has 1 fully saturated rings. The van der Waals surface area contributed by atoms with Crippen LogP contribution in [0.25, 0.3) is 10.2 Å². The average Bonchev–Trinajstić information content (AvgIpc) is 3.15. The zero-order valence-corrected chi connectivity index (χ0v) is 16.8. The number of anilines is 2. The van der Waals surface area contributed by atoms with Crippen LogP contribution in [0.15, 0.2) is 36.4 Å². The van der Waals surface area contributed by atoms with E-state index in [1.807, 2.05) is 36.4 Å². The second-order valence-corrected chi connectivity index (χ2v) is 7.89. The van der Waals surface area contributed by atoms with E-state index in [-0.39, 0.29) is 5.78 Å². The van der Waals surface area contributed by atoms with Gasteiger partial charge in [0.1, 0.15) is 11.3 Å². The smallest absolute Gasteiger partial charge is 0.186 e. The number of hydrogen-bond donors (Lipinski definition) is 0. The number of piperazine rings is 1. The zero-order valence-electron chi connectivity index (χ0n) is 15.2. The Morgan fingerprint density at radius 3 is 2.37 bits per heavy atom. The van der Waals surface area contributed by atoms with E-state index in [0.29, 0.717) is 5.02 Å². The number of benzene rings is 2. The topological polar surface area (TPSA) is 45.7 Å². The van der Waals surface area contributed by atoms with Gasteiger partial charge in [0.05, 0.1) is 16.8 Å². The summed E-state index contributed by atoms with van der Waals surface area (Å²) in [6.45, 7) is 5.16. The monoisotopic (exact) mass is 401 g/mol. The van der Waals surface area contributed by atoms with Crippen LogP contribution in [0.3, 0.4) is 0 Å². The third-order valence-electron chi connectivity index (χ3n) is 4.86. The third-order valence-corrected chi connectivity index (χ3v) is 6.43. The van der Waals surface area contributed by atoms with Crippen molar-refractivity contribution in [1.29, 1.82) is 0 Å². The molecule has 5 nitrogen and oxygen atoms in total. The molecule has 0 atom stereocenters. The molecule has 4 rings (SSSR count). The van der Waals surface area contributed by atoms with Crippen molar-refractivity contribution in [2.75, 3.05) is 43.1 Å². The van der Waals surface area contributed by atoms with E-state index < -0.39 is 0 Å². The molecular weight excluding hydrogens is 382 g/mol. The van der Waals surface area contributed by atoms with Crippen molar-refractivity contribution in [3.8, 4) is 5.75 Å². The molecule has 27 heavy (non-hydrogen) atoms. The number of aromatic nitrogens is 1. The predicted octanol–water partition coefficient (Wildman–Crippen LogP) is 4.49. The minimum Gasteiger partial charge on any atom is -0.494 e. The van der Waals surface area contributed by atoms with Gasteiger partial charge in [0.25, 0.3) is 0 Å². The summed E-state index contributed by atoms with van der Waals surface area (Å²) in [6.07, 6.45) is 0. The van der Waals surface area contributed by atoms with E-state index in [1.54, 1.807) is 25.4 Å². The van der Waals surface area contributed by atoms with E-state index in [1.165, 1.54) is 0 Å². The summed E-state index contributed by atoms with van der Waals surface area (Å²) in [4.78, 5) is 20.8. The molecule has 0 bridgehead atoms. The number of ketones is 1.